The van der Waals surface area contributed by atoms with Gasteiger partial charge in [0.15, 0.2) is 0 Å². The highest BCUT2D eigenvalue weighted by atomic mass is 32.1. The van der Waals surface area contributed by atoms with Gasteiger partial charge in [0, 0.05) is 36.5 Å². The second kappa shape index (κ2) is 8.69. The van der Waals surface area contributed by atoms with Crippen molar-refractivity contribution in [3.05, 3.63) is 138 Å². The Kier molecular flexibility index (Phi) is 4.97. The van der Waals surface area contributed by atoms with Crippen molar-refractivity contribution < 1.29 is 0 Å². The van der Waals surface area contributed by atoms with Crippen LogP contribution in [0.25, 0.3) is 47.8 Å². The first-order valence-electron chi connectivity index (χ1n) is 13.3. The first-order valence-corrected chi connectivity index (χ1v) is 14.1. The first-order chi connectivity index (χ1) is 19.3. The highest BCUT2D eigenvalue weighted by Gasteiger charge is 2.27. The van der Waals surface area contributed by atoms with Crippen LogP contribution in [0, 0.1) is 0 Å². The summed E-state index contributed by atoms with van der Waals surface area (Å²) >= 11 is 1.87. The molecule has 1 unspecified atom stereocenters. The summed E-state index contributed by atoms with van der Waals surface area (Å²) in [5, 5.41) is 9.02. The van der Waals surface area contributed by atoms with Crippen molar-refractivity contribution in [2.75, 3.05) is 0 Å². The molecule has 5 aromatic carbocycles. The number of nitrogens with one attached hydrogen (secondary N) is 1. The molecule has 0 aliphatic carbocycles. The van der Waals surface area contributed by atoms with E-state index in [1.165, 1.54) is 53.1 Å². The summed E-state index contributed by atoms with van der Waals surface area (Å²) in [6, 6.07) is 43.1. The molecule has 7 aromatic rings. The Hall–Kier alpha value is -4.67. The van der Waals surface area contributed by atoms with Crippen LogP contribution in [0.2, 0.25) is 0 Å². The molecule has 0 fully saturated rings. The van der Waals surface area contributed by atoms with Gasteiger partial charge in [-0.15, -0.1) is 11.3 Å². The number of nitrogens with zero attached hydrogens (tertiary/aromatic N) is 2. The largest absolute Gasteiger partial charge is 0.326 e. The fraction of sp³-hybridized carbons (Fsp3) is 0.0571. The highest BCUT2D eigenvalue weighted by molar-refractivity contribution is 7.26. The molecule has 39 heavy (non-hydrogen) atoms. The average molecular weight is 520 g/mol. The molecule has 0 radical (unpaired) electrons. The lowest BCUT2D eigenvalue weighted by Crippen LogP contribution is -2.32. The molecule has 0 spiro atoms. The Bertz CT molecular complexity index is 2100. The number of amidine groups is 1. The van der Waals surface area contributed by atoms with Crippen LogP contribution in [0.3, 0.4) is 0 Å². The summed E-state index contributed by atoms with van der Waals surface area (Å²) in [5.74, 6) is 1.96. The third-order valence-corrected chi connectivity index (χ3v) is 8.98. The van der Waals surface area contributed by atoms with E-state index in [1.807, 2.05) is 17.4 Å². The van der Waals surface area contributed by atoms with E-state index in [0.717, 1.165) is 17.2 Å². The number of benzene rings is 5. The van der Waals surface area contributed by atoms with Gasteiger partial charge >= 0.3 is 0 Å². The zero-order valence-electron chi connectivity index (χ0n) is 21.4. The van der Waals surface area contributed by atoms with E-state index in [-0.39, 0.29) is 6.04 Å². The Labute approximate surface area is 230 Å². The second-order valence-electron chi connectivity index (χ2n) is 10.1. The van der Waals surface area contributed by atoms with Crippen molar-refractivity contribution in [1.82, 2.24) is 9.88 Å². The number of hydrogen-bond donors (Lipinski definition) is 1. The molecule has 1 aliphatic heterocycles. The van der Waals surface area contributed by atoms with Crippen molar-refractivity contribution in [3.8, 4) is 0 Å². The van der Waals surface area contributed by atoms with E-state index < -0.39 is 0 Å². The van der Waals surface area contributed by atoms with E-state index >= 15 is 0 Å². The summed E-state index contributed by atoms with van der Waals surface area (Å²) in [4.78, 5) is 5.24. The standard InChI is InChI=1S/C35H25N3S/c1-22-33(23-12-4-2-5-13-23)36-34(24-14-6-3-7-15-24)37-35(22)38-27-18-10-8-16-25(27)31-28(38)20-21-30-32(31)26-17-9-11-19-29(26)39-30/h2-21,33H,1H3,(H,36,37). The third-order valence-electron chi connectivity index (χ3n) is 7.84. The van der Waals surface area contributed by atoms with Gasteiger partial charge in [-0.3, -0.25) is 9.56 Å². The van der Waals surface area contributed by atoms with Gasteiger partial charge in [0.05, 0.1) is 11.0 Å². The lowest BCUT2D eigenvalue weighted by atomic mass is 9.98. The fourth-order valence-electron chi connectivity index (χ4n) is 6.05. The molecule has 0 saturated heterocycles. The maximum absolute atomic E-state index is 5.24. The van der Waals surface area contributed by atoms with Crippen LogP contribution in [0.5, 0.6) is 0 Å². The van der Waals surface area contributed by atoms with Crippen molar-refractivity contribution >= 4 is 65.0 Å². The number of aliphatic imine (C=N–C) groups is 1. The summed E-state index contributed by atoms with van der Waals surface area (Å²) in [6.07, 6.45) is 0. The quantitative estimate of drug-likeness (QED) is 0.248. The van der Waals surface area contributed by atoms with E-state index in [9.17, 15) is 0 Å². The van der Waals surface area contributed by atoms with E-state index in [2.05, 4.69) is 132 Å². The average Bonchev–Trinajstić information content (AvgIpc) is 3.54. The van der Waals surface area contributed by atoms with Gasteiger partial charge in [0.2, 0.25) is 0 Å². The third kappa shape index (κ3) is 3.38. The monoisotopic (exact) mass is 519 g/mol. The van der Waals surface area contributed by atoms with Crippen molar-refractivity contribution in [1.29, 1.82) is 0 Å². The van der Waals surface area contributed by atoms with Crippen LogP contribution in [-0.4, -0.2) is 10.4 Å². The van der Waals surface area contributed by atoms with Gasteiger partial charge < -0.3 is 5.32 Å². The Morgan fingerprint density at radius 3 is 2.15 bits per heavy atom. The highest BCUT2D eigenvalue weighted by Crippen LogP contribution is 2.44. The first kappa shape index (κ1) is 22.3. The summed E-state index contributed by atoms with van der Waals surface area (Å²) in [6.45, 7) is 2.21. The number of rotatable bonds is 3. The van der Waals surface area contributed by atoms with Gasteiger partial charge in [0.1, 0.15) is 17.7 Å². The number of fused-ring (bicyclic) bond motifs is 7. The van der Waals surface area contributed by atoms with Gasteiger partial charge in [-0.05, 0) is 42.3 Å². The lowest BCUT2D eigenvalue weighted by Gasteiger charge is -2.28. The minimum absolute atomic E-state index is 0.0837. The van der Waals surface area contributed by atoms with Gasteiger partial charge in [-0.1, -0.05) is 97.1 Å². The zero-order valence-corrected chi connectivity index (χ0v) is 22.2. The normalized spacial score (nSPS) is 15.8. The van der Waals surface area contributed by atoms with Crippen LogP contribution < -0.4 is 5.32 Å². The minimum Gasteiger partial charge on any atom is -0.326 e. The summed E-state index contributed by atoms with van der Waals surface area (Å²) < 4.78 is 5.06. The van der Waals surface area contributed by atoms with Crippen molar-refractivity contribution in [3.63, 3.8) is 0 Å². The smallest absolute Gasteiger partial charge is 0.134 e. The van der Waals surface area contributed by atoms with Crippen LogP contribution in [0.15, 0.2) is 132 Å². The topological polar surface area (TPSA) is 29.3 Å². The molecule has 0 amide bonds. The minimum atomic E-state index is -0.0837. The fourth-order valence-corrected chi connectivity index (χ4v) is 7.16. The second-order valence-corrected chi connectivity index (χ2v) is 11.2. The zero-order chi connectivity index (χ0) is 25.9. The maximum atomic E-state index is 5.24. The van der Waals surface area contributed by atoms with Crippen LogP contribution in [0.1, 0.15) is 24.1 Å². The summed E-state index contributed by atoms with van der Waals surface area (Å²) in [7, 11) is 0. The van der Waals surface area contributed by atoms with E-state index in [0.29, 0.717) is 0 Å². The molecule has 3 nitrogen and oxygen atoms in total. The molecule has 3 heterocycles. The molecular formula is C35H25N3S. The molecule has 1 atom stereocenters. The molecule has 8 rings (SSSR count). The Morgan fingerprint density at radius 1 is 0.641 bits per heavy atom. The molecular weight excluding hydrogens is 494 g/mol. The van der Waals surface area contributed by atoms with Crippen molar-refractivity contribution in [2.45, 2.75) is 13.0 Å². The number of hydrogen-bond acceptors (Lipinski definition) is 3. The summed E-state index contributed by atoms with van der Waals surface area (Å²) in [5.41, 5.74) is 5.86. The number of aromatic nitrogens is 1. The van der Waals surface area contributed by atoms with Crippen molar-refractivity contribution in [2.24, 2.45) is 4.99 Å². The molecule has 0 saturated carbocycles. The van der Waals surface area contributed by atoms with Crippen LogP contribution in [-0.2, 0) is 0 Å². The maximum Gasteiger partial charge on any atom is 0.134 e. The number of thiophene rings is 1. The van der Waals surface area contributed by atoms with E-state index in [1.54, 1.807) is 0 Å². The predicted octanol–water partition coefficient (Wildman–Crippen LogP) is 9.14. The van der Waals surface area contributed by atoms with Gasteiger partial charge in [0.25, 0.3) is 0 Å². The molecule has 0 bridgehead atoms. The molecule has 4 heteroatoms. The van der Waals surface area contributed by atoms with Crippen LogP contribution in [0.4, 0.5) is 0 Å². The Morgan fingerprint density at radius 2 is 1.33 bits per heavy atom. The van der Waals surface area contributed by atoms with E-state index in [4.69, 9.17) is 4.99 Å². The SMILES string of the molecule is CC1=C(n2c3ccccc3c3c4c(ccc32)sc2ccccc24)NC(c2ccccc2)=NC1c1ccccc1. The predicted molar refractivity (Wildman–Crippen MR) is 167 cm³/mol. The molecule has 2 aromatic heterocycles. The number of para-hydroxylation sites is 1. The van der Waals surface area contributed by atoms with Gasteiger partial charge in [-0.2, -0.15) is 0 Å². The molecule has 1 N–H and O–H groups in total. The molecule has 186 valence electrons. The van der Waals surface area contributed by atoms with Crippen LogP contribution >= 0.6 is 11.3 Å². The Balaban J connectivity index is 1.46. The lowest BCUT2D eigenvalue weighted by molar-refractivity contribution is 0.801. The molecule has 1 aliphatic rings. The van der Waals surface area contributed by atoms with Gasteiger partial charge in [-0.25, -0.2) is 0 Å².